The minimum absolute atomic E-state index is 0.282. The third-order valence-electron chi connectivity index (χ3n) is 4.35. The van der Waals surface area contributed by atoms with E-state index in [1.807, 2.05) is 16.7 Å². The zero-order chi connectivity index (χ0) is 18.4. The molecule has 26 heavy (non-hydrogen) atoms. The van der Waals surface area contributed by atoms with Crippen molar-refractivity contribution in [1.82, 2.24) is 14.3 Å². The van der Waals surface area contributed by atoms with E-state index in [2.05, 4.69) is 5.10 Å². The Bertz CT molecular complexity index is 1020. The second-order valence-electron chi connectivity index (χ2n) is 5.85. The number of benzene rings is 1. The molecule has 1 aromatic carbocycles. The van der Waals surface area contributed by atoms with Crippen LogP contribution in [0.4, 0.5) is 0 Å². The van der Waals surface area contributed by atoms with E-state index in [1.54, 1.807) is 29.8 Å². The maximum Gasteiger partial charge on any atom is 0.359 e. The van der Waals surface area contributed by atoms with Gasteiger partial charge in [0.2, 0.25) is 0 Å². The lowest BCUT2D eigenvalue weighted by molar-refractivity contribution is 0.0517. The molecule has 0 atom stereocenters. The second kappa shape index (κ2) is 6.65. The van der Waals surface area contributed by atoms with Crippen molar-refractivity contribution in [2.45, 2.75) is 19.9 Å². The molecular weight excluding hydrogens is 397 g/mol. The molecule has 0 saturated carbocycles. The Hall–Kier alpha value is -1.95. The van der Waals surface area contributed by atoms with E-state index in [1.165, 1.54) is 0 Å². The van der Waals surface area contributed by atoms with Gasteiger partial charge in [0.25, 0.3) is 0 Å². The van der Waals surface area contributed by atoms with Gasteiger partial charge in [0.15, 0.2) is 5.69 Å². The first kappa shape index (κ1) is 17.5. The number of carbonyl (C=O) groups excluding carboxylic acids is 1. The average molecular weight is 411 g/mol. The molecule has 0 aliphatic carbocycles. The molecule has 0 bridgehead atoms. The summed E-state index contributed by atoms with van der Waals surface area (Å²) in [5.74, 6) is -0.446. The first-order valence-corrected chi connectivity index (χ1v) is 9.24. The summed E-state index contributed by atoms with van der Waals surface area (Å²) in [4.78, 5) is 12.4. The molecule has 8 heteroatoms. The molecule has 0 amide bonds. The molecule has 0 radical (unpaired) electrons. The minimum Gasteiger partial charge on any atom is -0.461 e. The number of nitrogens with zero attached hydrogens (tertiary/aromatic N) is 3. The molecule has 1 aliphatic rings. The Morgan fingerprint density at radius 2 is 2.04 bits per heavy atom. The van der Waals surface area contributed by atoms with Crippen LogP contribution in [0.2, 0.25) is 15.2 Å². The summed E-state index contributed by atoms with van der Waals surface area (Å²) in [7, 11) is 0. The van der Waals surface area contributed by atoms with E-state index < -0.39 is 5.97 Å². The molecular formula is C18H14Cl3N3O2. The molecule has 5 nitrogen and oxygen atoms in total. The average Bonchev–Trinajstić information content (AvgIpc) is 3.16. The van der Waals surface area contributed by atoms with Crippen molar-refractivity contribution < 1.29 is 9.53 Å². The van der Waals surface area contributed by atoms with Crippen molar-refractivity contribution >= 4 is 40.8 Å². The van der Waals surface area contributed by atoms with Crippen molar-refractivity contribution in [3.05, 3.63) is 56.8 Å². The number of rotatable bonds is 3. The van der Waals surface area contributed by atoms with Crippen LogP contribution in [0.5, 0.6) is 0 Å². The maximum atomic E-state index is 12.4. The molecule has 1 aliphatic heterocycles. The molecule has 3 heterocycles. The molecule has 0 saturated heterocycles. The lowest BCUT2D eigenvalue weighted by atomic mass is 10.0. The highest BCUT2D eigenvalue weighted by atomic mass is 35.5. The Morgan fingerprint density at radius 3 is 2.77 bits per heavy atom. The minimum atomic E-state index is -0.446. The first-order chi connectivity index (χ1) is 12.5. The first-order valence-electron chi connectivity index (χ1n) is 8.11. The molecule has 134 valence electrons. The summed E-state index contributed by atoms with van der Waals surface area (Å²) in [6, 6.07) is 8.89. The summed E-state index contributed by atoms with van der Waals surface area (Å²) in [5.41, 5.74) is 3.43. The van der Waals surface area contributed by atoms with Gasteiger partial charge in [0.05, 0.1) is 28.7 Å². The normalized spacial score (nSPS) is 12.6. The summed E-state index contributed by atoms with van der Waals surface area (Å²) < 4.78 is 8.84. The largest absolute Gasteiger partial charge is 0.461 e. The summed E-state index contributed by atoms with van der Waals surface area (Å²) in [6.45, 7) is 2.72. The fourth-order valence-electron chi connectivity index (χ4n) is 3.24. The van der Waals surface area contributed by atoms with E-state index in [0.717, 1.165) is 17.0 Å². The van der Waals surface area contributed by atoms with Gasteiger partial charge in [-0.05, 0) is 43.7 Å². The van der Waals surface area contributed by atoms with E-state index in [4.69, 9.17) is 39.5 Å². The Balaban J connectivity index is 1.99. The molecule has 0 spiro atoms. The van der Waals surface area contributed by atoms with Crippen LogP contribution in [-0.4, -0.2) is 26.9 Å². The van der Waals surface area contributed by atoms with E-state index in [0.29, 0.717) is 39.5 Å². The van der Waals surface area contributed by atoms with Gasteiger partial charge in [-0.1, -0.05) is 34.8 Å². The quantitative estimate of drug-likeness (QED) is 0.569. The van der Waals surface area contributed by atoms with Crippen LogP contribution < -0.4 is 0 Å². The van der Waals surface area contributed by atoms with Crippen molar-refractivity contribution in [3.8, 4) is 17.1 Å². The molecule has 4 rings (SSSR count). The zero-order valence-corrected chi connectivity index (χ0v) is 16.1. The fraction of sp³-hybridized carbons (Fsp3) is 0.222. The van der Waals surface area contributed by atoms with Crippen molar-refractivity contribution in [2.24, 2.45) is 0 Å². The van der Waals surface area contributed by atoms with Crippen LogP contribution in [0.1, 0.15) is 23.0 Å². The number of ether oxygens (including phenoxy) is 1. The van der Waals surface area contributed by atoms with Crippen molar-refractivity contribution in [1.29, 1.82) is 0 Å². The Labute approximate surface area is 165 Å². The zero-order valence-electron chi connectivity index (χ0n) is 13.8. The Morgan fingerprint density at radius 1 is 1.23 bits per heavy atom. The van der Waals surface area contributed by atoms with Crippen LogP contribution in [0, 0.1) is 0 Å². The number of hydrogen-bond acceptors (Lipinski definition) is 3. The highest BCUT2D eigenvalue weighted by Gasteiger charge is 2.31. The SMILES string of the molecule is CCOC(=O)c1nn(-c2ccc(Cl)cc2Cl)c2c1CCn1c(Cl)ccc1-2. The van der Waals surface area contributed by atoms with Gasteiger partial charge in [-0.15, -0.1) is 0 Å². The smallest absolute Gasteiger partial charge is 0.359 e. The second-order valence-corrected chi connectivity index (χ2v) is 7.08. The van der Waals surface area contributed by atoms with Gasteiger partial charge >= 0.3 is 5.97 Å². The van der Waals surface area contributed by atoms with Gasteiger partial charge in [-0.3, -0.25) is 0 Å². The fourth-order valence-corrected chi connectivity index (χ4v) is 3.97. The molecule has 2 aromatic heterocycles. The lowest BCUT2D eigenvalue weighted by Crippen LogP contribution is -2.14. The van der Waals surface area contributed by atoms with Crippen LogP contribution in [0.3, 0.4) is 0 Å². The maximum absolute atomic E-state index is 12.4. The topological polar surface area (TPSA) is 49.0 Å². The van der Waals surface area contributed by atoms with E-state index in [9.17, 15) is 4.79 Å². The Kier molecular flexibility index (Phi) is 4.47. The molecule has 0 N–H and O–H groups in total. The molecule has 0 fully saturated rings. The van der Waals surface area contributed by atoms with Gasteiger partial charge in [-0.25, -0.2) is 9.48 Å². The summed E-state index contributed by atoms with van der Waals surface area (Å²) in [5, 5.41) is 6.14. The van der Waals surface area contributed by atoms with Crippen LogP contribution in [0.15, 0.2) is 30.3 Å². The molecule has 3 aromatic rings. The van der Waals surface area contributed by atoms with Gasteiger partial charge in [0.1, 0.15) is 5.15 Å². The standard InChI is InChI=1S/C18H14Cl3N3O2/c1-2-26-18(25)16-11-7-8-23-14(5-6-15(23)21)17(11)24(22-16)13-4-3-10(19)9-12(13)20/h3-6,9H,2,7-8H2,1H3. The number of aromatic nitrogens is 3. The van der Waals surface area contributed by atoms with Gasteiger partial charge in [-0.2, -0.15) is 5.10 Å². The highest BCUT2D eigenvalue weighted by Crippen LogP contribution is 2.38. The number of hydrogen-bond donors (Lipinski definition) is 0. The number of fused-ring (bicyclic) bond motifs is 3. The number of halogens is 3. The van der Waals surface area contributed by atoms with Gasteiger partial charge < -0.3 is 9.30 Å². The third-order valence-corrected chi connectivity index (χ3v) is 5.21. The summed E-state index contributed by atoms with van der Waals surface area (Å²) in [6.07, 6.45) is 0.621. The number of esters is 1. The molecule has 0 unspecified atom stereocenters. The highest BCUT2D eigenvalue weighted by molar-refractivity contribution is 6.35. The predicted molar refractivity (Wildman–Crippen MR) is 102 cm³/mol. The predicted octanol–water partition coefficient (Wildman–Crippen LogP) is 5.03. The number of carbonyl (C=O) groups is 1. The monoisotopic (exact) mass is 409 g/mol. The van der Waals surface area contributed by atoms with Crippen LogP contribution in [0.25, 0.3) is 17.1 Å². The lowest BCUT2D eigenvalue weighted by Gasteiger charge is -2.19. The van der Waals surface area contributed by atoms with E-state index >= 15 is 0 Å². The van der Waals surface area contributed by atoms with Gasteiger partial charge in [0, 0.05) is 17.1 Å². The van der Waals surface area contributed by atoms with Crippen molar-refractivity contribution in [2.75, 3.05) is 6.61 Å². The third kappa shape index (κ3) is 2.71. The summed E-state index contributed by atoms with van der Waals surface area (Å²) >= 11 is 18.7. The van der Waals surface area contributed by atoms with Crippen LogP contribution >= 0.6 is 34.8 Å². The van der Waals surface area contributed by atoms with Crippen LogP contribution in [-0.2, 0) is 17.7 Å². The van der Waals surface area contributed by atoms with E-state index in [-0.39, 0.29) is 6.61 Å². The van der Waals surface area contributed by atoms with Crippen molar-refractivity contribution in [3.63, 3.8) is 0 Å².